The average molecular weight is 901 g/mol. The summed E-state index contributed by atoms with van der Waals surface area (Å²) >= 11 is 0. The number of carboxylic acids is 2. The minimum Gasteiger partial charge on any atom is -0.481 e. The number of H-pyrrole nitrogens is 1. The molecule has 6 saturated carbocycles. The Morgan fingerprint density at radius 2 is 1.69 bits per heavy atom. The van der Waals surface area contributed by atoms with E-state index in [4.69, 9.17) is 14.2 Å². The lowest BCUT2D eigenvalue weighted by atomic mass is 9.22. The summed E-state index contributed by atoms with van der Waals surface area (Å²) < 4.78 is 18.6. The van der Waals surface area contributed by atoms with Gasteiger partial charge in [-0.15, -0.1) is 0 Å². The zero-order chi connectivity index (χ0) is 46.0. The van der Waals surface area contributed by atoms with Crippen LogP contribution in [0.5, 0.6) is 0 Å². The van der Waals surface area contributed by atoms with Crippen LogP contribution in [0.2, 0.25) is 0 Å². The number of aliphatic hydroxyl groups is 3. The summed E-state index contributed by atoms with van der Waals surface area (Å²) in [6.07, 6.45) is 12.9. The molecule has 2 spiro atoms. The van der Waals surface area contributed by atoms with Crippen LogP contribution in [0.4, 0.5) is 0 Å². The van der Waals surface area contributed by atoms with Gasteiger partial charge < -0.3 is 50.0 Å². The molecule has 1 aromatic heterocycles. The molecule has 3 bridgehead atoms. The fourth-order valence-corrected chi connectivity index (χ4v) is 19.7. The van der Waals surface area contributed by atoms with Crippen molar-refractivity contribution in [3.05, 3.63) is 47.3 Å². The van der Waals surface area contributed by atoms with Crippen LogP contribution in [0.3, 0.4) is 0 Å². The van der Waals surface area contributed by atoms with Gasteiger partial charge in [0.05, 0.1) is 18.1 Å². The topological polar surface area (TPSA) is 208 Å². The van der Waals surface area contributed by atoms with Crippen molar-refractivity contribution in [3.63, 3.8) is 0 Å². The number of carbonyl (C=O) groups is 3. The molecular formula is C52H72N2O11. The van der Waals surface area contributed by atoms with Crippen LogP contribution >= 0.6 is 0 Å². The third-order valence-corrected chi connectivity index (χ3v) is 22.0. The molecule has 20 atom stereocenters. The van der Waals surface area contributed by atoms with Crippen molar-refractivity contribution in [2.24, 2.45) is 79.3 Å². The normalized spacial score (nSPS) is 51.8. The first-order chi connectivity index (χ1) is 30.8. The Hall–Kier alpha value is -3.07. The first kappa shape index (κ1) is 44.4. The Labute approximate surface area is 382 Å². The molecule has 65 heavy (non-hydrogen) atoms. The van der Waals surface area contributed by atoms with Gasteiger partial charge in [0.1, 0.15) is 18.3 Å². The van der Waals surface area contributed by atoms with Crippen LogP contribution in [0.15, 0.2) is 36.2 Å². The maximum absolute atomic E-state index is 15.5. The number of aliphatic carboxylic acids is 2. The summed E-state index contributed by atoms with van der Waals surface area (Å²) in [5.74, 6) is -1.73. The Kier molecular flexibility index (Phi) is 9.90. The van der Waals surface area contributed by atoms with Crippen LogP contribution in [-0.2, 0) is 41.4 Å². The number of carboxylic acid groups (broad SMARTS) is 2. The van der Waals surface area contributed by atoms with E-state index < -0.39 is 70.4 Å². The van der Waals surface area contributed by atoms with Crippen molar-refractivity contribution in [1.82, 2.24) is 10.3 Å². The summed E-state index contributed by atoms with van der Waals surface area (Å²) in [5.41, 5.74) is -0.135. The Morgan fingerprint density at radius 3 is 2.42 bits per heavy atom. The van der Waals surface area contributed by atoms with Gasteiger partial charge in [-0.1, -0.05) is 58.4 Å². The lowest BCUT2D eigenvalue weighted by Crippen LogP contribution is -2.78. The third kappa shape index (κ3) is 5.19. The molecular weight excluding hydrogens is 829 g/mol. The van der Waals surface area contributed by atoms with Gasteiger partial charge in [0, 0.05) is 48.2 Å². The van der Waals surface area contributed by atoms with Crippen molar-refractivity contribution in [1.29, 1.82) is 0 Å². The maximum atomic E-state index is 15.5. The molecule has 13 nitrogen and oxygen atoms in total. The summed E-state index contributed by atoms with van der Waals surface area (Å²) in [5, 5.41) is 58.3. The largest absolute Gasteiger partial charge is 0.481 e. The number of aliphatic hydroxyl groups excluding tert-OH is 3. The standard InChI is InChI=1S/C52H72N2O11/c1-7-26-23-53-24-28(26)13-16-49-30-10-9-27-19-34-51-18-17-50(45(61)62)31(25-63-6)22-47(4)14-8-15-52(34,50)44(47)54-41(58)32(51)12-11-29(48(51,5)40(27)49)20-33(49)46(2,3)35(21-30)64-43-38(57)36(55)37(56)39(65-43)42(59)60/h8,15,19,23-24,27,29-33,35-40,43-44,53,55-57H,7,9-14,16-18,20-22,25H2,1-6H3,(H,54,58)(H,59,60)(H,61,62)/t27-,29-,30+,31+,32-,33+,35+,36+,37+,38-,39+,40+,43-,44-,47+,48-,49+,50+,51+,52-/m1/s1. The molecule has 356 valence electrons. The highest BCUT2D eigenvalue weighted by molar-refractivity contribution is 5.86. The number of hydrogen-bond acceptors (Lipinski definition) is 9. The molecule has 0 radical (unpaired) electrons. The van der Waals surface area contributed by atoms with Gasteiger partial charge >= 0.3 is 11.9 Å². The fourth-order valence-electron chi connectivity index (χ4n) is 19.7. The van der Waals surface area contributed by atoms with Crippen molar-refractivity contribution in [3.8, 4) is 0 Å². The molecule has 1 amide bonds. The molecule has 7 N–H and O–H groups in total. The number of aromatic nitrogens is 1. The highest BCUT2D eigenvalue weighted by Gasteiger charge is 2.85. The second-order valence-electron chi connectivity index (χ2n) is 24.0. The van der Waals surface area contributed by atoms with Gasteiger partial charge in [0.15, 0.2) is 12.4 Å². The second kappa shape index (κ2) is 14.5. The van der Waals surface area contributed by atoms with E-state index in [2.05, 4.69) is 75.5 Å². The molecule has 0 aromatic carbocycles. The van der Waals surface area contributed by atoms with Crippen molar-refractivity contribution < 1.29 is 54.1 Å². The van der Waals surface area contributed by atoms with E-state index in [0.717, 1.165) is 57.8 Å². The summed E-state index contributed by atoms with van der Waals surface area (Å²) in [4.78, 5) is 45.7. The van der Waals surface area contributed by atoms with E-state index in [9.17, 15) is 35.1 Å². The van der Waals surface area contributed by atoms with Crippen LogP contribution in [0.1, 0.15) is 116 Å². The molecule has 0 unspecified atom stereocenters. The maximum Gasteiger partial charge on any atom is 0.335 e. The molecule has 2 saturated heterocycles. The van der Waals surface area contributed by atoms with Gasteiger partial charge in [-0.05, 0) is 146 Å². The van der Waals surface area contributed by atoms with Crippen LogP contribution in [0.25, 0.3) is 0 Å². The number of amides is 1. The molecule has 10 aliphatic rings. The van der Waals surface area contributed by atoms with Gasteiger partial charge in [-0.2, -0.15) is 0 Å². The number of methoxy groups -OCH3 is 1. The SMILES string of the molecule is CCc1c[nH]cc1CC[C@]12[C@H]3CC[C@@H]4C=C5[C@@]67C=CC[C@@]8(C)C[C@@H](COC)[C@]6(C(=O)O)CC[C@]56[C@H](CC[C@H](C[C@H]1C(C)(C)[C@@H](O[C@@H]1O[C@H](C(=O)O)[C@@H](O)[C@H](O)[C@H]1O)C3)[C@]6(C)[C@H]42)C(=O)N[C@H]87. The predicted molar refractivity (Wildman–Crippen MR) is 237 cm³/mol. The first-order valence-electron chi connectivity index (χ1n) is 25.0. The molecule has 8 fully saturated rings. The first-order valence-corrected chi connectivity index (χ1v) is 25.0. The zero-order valence-corrected chi connectivity index (χ0v) is 39.1. The Balaban J connectivity index is 1.11. The van der Waals surface area contributed by atoms with E-state index in [0.29, 0.717) is 32.3 Å². The molecule has 13 heteroatoms. The number of rotatable bonds is 10. The lowest BCUT2D eigenvalue weighted by Gasteiger charge is -2.81. The van der Waals surface area contributed by atoms with Crippen LogP contribution in [-0.4, -0.2) is 105 Å². The summed E-state index contributed by atoms with van der Waals surface area (Å²) in [6.45, 7) is 12.0. The van der Waals surface area contributed by atoms with Gasteiger partial charge in [0.25, 0.3) is 0 Å². The predicted octanol–water partition coefficient (Wildman–Crippen LogP) is 5.81. The molecule has 1 aromatic rings. The monoisotopic (exact) mass is 901 g/mol. The zero-order valence-electron chi connectivity index (χ0n) is 39.1. The number of hydrogen-bond donors (Lipinski definition) is 7. The lowest BCUT2D eigenvalue weighted by molar-refractivity contribution is -0.343. The fraction of sp³-hybridized carbons (Fsp3) is 0.788. The van der Waals surface area contributed by atoms with Gasteiger partial charge in [-0.25, -0.2) is 4.79 Å². The smallest absolute Gasteiger partial charge is 0.335 e. The van der Waals surface area contributed by atoms with Gasteiger partial charge in [0.2, 0.25) is 5.91 Å². The van der Waals surface area contributed by atoms with Crippen molar-refractivity contribution in [2.45, 2.75) is 161 Å². The van der Waals surface area contributed by atoms with E-state index in [1.807, 2.05) is 0 Å². The highest BCUT2D eigenvalue weighted by atomic mass is 16.7. The van der Waals surface area contributed by atoms with E-state index in [1.165, 1.54) is 16.7 Å². The number of ether oxygens (including phenoxy) is 3. The second-order valence-corrected chi connectivity index (χ2v) is 24.0. The number of aryl methyl sites for hydroxylation is 2. The summed E-state index contributed by atoms with van der Waals surface area (Å²) in [7, 11) is 1.69. The van der Waals surface area contributed by atoms with E-state index in [1.54, 1.807) is 7.11 Å². The molecule has 8 aliphatic carbocycles. The number of nitrogens with one attached hydrogen (secondary N) is 2. The molecule has 11 rings (SSSR count). The average Bonchev–Trinajstić information content (AvgIpc) is 3.70. The highest BCUT2D eigenvalue weighted by Crippen LogP contribution is 2.87. The minimum absolute atomic E-state index is 0.104. The van der Waals surface area contributed by atoms with Gasteiger partial charge in [-0.3, -0.25) is 9.59 Å². The third-order valence-electron chi connectivity index (χ3n) is 22.0. The van der Waals surface area contributed by atoms with Crippen molar-refractivity contribution >= 4 is 17.8 Å². The molecule has 3 heterocycles. The van der Waals surface area contributed by atoms with Crippen LogP contribution in [0, 0.1) is 79.3 Å². The Morgan fingerprint density at radius 1 is 0.938 bits per heavy atom. The van der Waals surface area contributed by atoms with Crippen molar-refractivity contribution in [2.75, 3.05) is 13.7 Å². The number of allylic oxidation sites excluding steroid dienone is 2. The number of carbonyl (C=O) groups excluding carboxylic acids is 1. The van der Waals surface area contributed by atoms with Crippen LogP contribution < -0.4 is 5.32 Å². The van der Waals surface area contributed by atoms with E-state index >= 15 is 4.79 Å². The van der Waals surface area contributed by atoms with E-state index in [-0.39, 0.29) is 69.6 Å². The number of aromatic amines is 1. The quantitative estimate of drug-likeness (QED) is 0.110. The minimum atomic E-state index is -1.81. The molecule has 2 aliphatic heterocycles. The summed E-state index contributed by atoms with van der Waals surface area (Å²) in [6, 6.07) is -0.351. The Bertz CT molecular complexity index is 2220.